The van der Waals surface area contributed by atoms with Gasteiger partial charge in [-0.1, -0.05) is 104 Å². The lowest BCUT2D eigenvalue weighted by atomic mass is 9.86. The maximum absolute atomic E-state index is 10.6. The molecule has 5 nitrogen and oxygen atoms in total. The first-order valence-electron chi connectivity index (χ1n) is 13.2. The van der Waals surface area contributed by atoms with Crippen molar-refractivity contribution in [2.75, 3.05) is 0 Å². The predicted molar refractivity (Wildman–Crippen MR) is 148 cm³/mol. The molecule has 6 rings (SSSR count). The van der Waals surface area contributed by atoms with E-state index in [1.807, 2.05) is 22.8 Å². The number of benzene rings is 3. The largest absolute Gasteiger partial charge is 0.393 e. The van der Waals surface area contributed by atoms with Crippen molar-refractivity contribution >= 4 is 11.0 Å². The molecule has 186 valence electrons. The Hall–Kier alpha value is -3.96. The van der Waals surface area contributed by atoms with Gasteiger partial charge in [-0.05, 0) is 29.5 Å². The second kappa shape index (κ2) is 10.2. The summed E-state index contributed by atoms with van der Waals surface area (Å²) in [5.41, 5.74) is 6.73. The van der Waals surface area contributed by atoms with E-state index in [0.29, 0.717) is 18.6 Å². The second-order valence-electron chi connectivity index (χ2n) is 10.1. The predicted octanol–water partition coefficient (Wildman–Crippen LogP) is 6.25. The van der Waals surface area contributed by atoms with Crippen LogP contribution in [0.2, 0.25) is 0 Å². The highest BCUT2D eigenvalue weighted by Gasteiger charge is 2.26. The molecule has 2 N–H and O–H groups in total. The molecule has 1 fully saturated rings. The number of fused-ring (bicyclic) bond motifs is 1. The quantitative estimate of drug-likeness (QED) is 0.297. The molecule has 5 aromatic rings. The molecule has 0 aliphatic heterocycles. The van der Waals surface area contributed by atoms with Gasteiger partial charge in [-0.2, -0.15) is 0 Å². The van der Waals surface area contributed by atoms with Gasteiger partial charge in [0.15, 0.2) is 0 Å². The van der Waals surface area contributed by atoms with Gasteiger partial charge in [0.25, 0.3) is 0 Å². The van der Waals surface area contributed by atoms with Crippen LogP contribution < -0.4 is 5.49 Å². The lowest BCUT2D eigenvalue weighted by Crippen LogP contribution is -2.32. The van der Waals surface area contributed by atoms with Gasteiger partial charge in [0.05, 0.1) is 23.5 Å². The summed E-state index contributed by atoms with van der Waals surface area (Å²) in [4.78, 5) is 4.99. The Labute approximate surface area is 217 Å². The van der Waals surface area contributed by atoms with Crippen LogP contribution >= 0.6 is 0 Å². The summed E-state index contributed by atoms with van der Waals surface area (Å²) in [6.07, 6.45) is 5.53. The highest BCUT2D eigenvalue weighted by Crippen LogP contribution is 2.39. The third-order valence-electron chi connectivity index (χ3n) is 7.67. The van der Waals surface area contributed by atoms with E-state index in [9.17, 15) is 10.5 Å². The van der Waals surface area contributed by atoms with Crippen molar-refractivity contribution in [3.05, 3.63) is 108 Å². The van der Waals surface area contributed by atoms with Crippen LogP contribution in [0.1, 0.15) is 31.2 Å². The van der Waals surface area contributed by atoms with Crippen molar-refractivity contribution in [2.24, 2.45) is 5.92 Å². The summed E-state index contributed by atoms with van der Waals surface area (Å²) < 4.78 is 4.20. The first-order valence-corrected chi connectivity index (χ1v) is 13.2. The fourth-order valence-electron chi connectivity index (χ4n) is 5.78. The molecule has 3 aromatic carbocycles. The summed E-state index contributed by atoms with van der Waals surface area (Å²) in [6.45, 7) is 1.27. The normalized spacial score (nSPS) is 17.8. The second-order valence-corrected chi connectivity index (χ2v) is 10.1. The molecule has 0 radical (unpaired) electrons. The minimum atomic E-state index is -0.313. The summed E-state index contributed by atoms with van der Waals surface area (Å²) in [5.74, 6) is 0.155. The first-order chi connectivity index (χ1) is 18.2. The molecule has 0 saturated heterocycles. The molecule has 0 bridgehead atoms. The van der Waals surface area contributed by atoms with Crippen molar-refractivity contribution < 1.29 is 5.11 Å². The molecule has 37 heavy (non-hydrogen) atoms. The third kappa shape index (κ3) is 4.51. The lowest BCUT2D eigenvalue weighted by Gasteiger charge is -2.28. The number of hydrogen-bond donors (Lipinski definition) is 2. The zero-order valence-electron chi connectivity index (χ0n) is 20.9. The van der Waals surface area contributed by atoms with Crippen LogP contribution in [0.25, 0.3) is 33.4 Å². The number of nitrogens with zero attached hydrogens (tertiary/aromatic N) is 3. The van der Waals surface area contributed by atoms with Crippen LogP contribution in [0.15, 0.2) is 97.3 Å². The molecule has 5 heteroatoms. The molecule has 1 aliphatic carbocycles. The van der Waals surface area contributed by atoms with E-state index in [-0.39, 0.29) is 12.0 Å². The summed E-state index contributed by atoms with van der Waals surface area (Å²) >= 11 is 0. The van der Waals surface area contributed by atoms with Crippen LogP contribution in [0.4, 0.5) is 0 Å². The van der Waals surface area contributed by atoms with Crippen LogP contribution in [0, 0.1) is 11.3 Å². The Morgan fingerprint density at radius 1 is 0.811 bits per heavy atom. The third-order valence-corrected chi connectivity index (χ3v) is 7.67. The molecule has 0 spiro atoms. The van der Waals surface area contributed by atoms with Gasteiger partial charge < -0.3 is 14.2 Å². The van der Waals surface area contributed by atoms with Crippen LogP contribution in [-0.2, 0) is 13.1 Å². The Kier molecular flexibility index (Phi) is 6.46. The minimum Gasteiger partial charge on any atom is -0.393 e. The molecule has 2 aromatic heterocycles. The molecular formula is C32H32N4O. The highest BCUT2D eigenvalue weighted by molar-refractivity contribution is 6.02. The monoisotopic (exact) mass is 488 g/mol. The zero-order valence-corrected chi connectivity index (χ0v) is 20.9. The topological polar surface area (TPSA) is 66.8 Å². The Morgan fingerprint density at radius 3 is 2.11 bits per heavy atom. The van der Waals surface area contributed by atoms with Gasteiger partial charge >= 0.3 is 0 Å². The highest BCUT2D eigenvalue weighted by atomic mass is 16.3. The van der Waals surface area contributed by atoms with E-state index in [4.69, 9.17) is 4.98 Å². The van der Waals surface area contributed by atoms with Gasteiger partial charge in [0.2, 0.25) is 0 Å². The smallest absolute Gasteiger partial charge is 0.146 e. The number of nitrogens with one attached hydrogen (secondary N) is 1. The summed E-state index contributed by atoms with van der Waals surface area (Å²) in [6, 6.07) is 31.2. The molecule has 2 heterocycles. The maximum atomic E-state index is 10.6. The zero-order chi connectivity index (χ0) is 25.2. The fraction of sp³-hybridized carbons (Fsp3) is 0.250. The van der Waals surface area contributed by atoms with Crippen molar-refractivity contribution in [1.82, 2.24) is 14.1 Å². The number of rotatable bonds is 6. The average molecular weight is 489 g/mol. The standard InChI is InChI=1S/C32H32N4O/c33-31-29-28(24-14-6-2-7-15-24)30(25-16-8-3-9-17-25)36(20-23-12-4-1-5-13-23)32(29)34-22-35(31)21-26-18-10-11-19-27(26)37/h1-9,12-17,22,26-27,33,37H,10-11,18-21H2. The van der Waals surface area contributed by atoms with E-state index in [1.165, 1.54) is 5.56 Å². The Morgan fingerprint density at radius 2 is 1.43 bits per heavy atom. The van der Waals surface area contributed by atoms with Gasteiger partial charge in [0, 0.05) is 24.6 Å². The fourth-order valence-corrected chi connectivity index (χ4v) is 5.78. The van der Waals surface area contributed by atoms with Gasteiger partial charge in [-0.15, -0.1) is 0 Å². The average Bonchev–Trinajstić information content (AvgIpc) is 3.27. The lowest BCUT2D eigenvalue weighted by molar-refractivity contribution is 0.0598. The van der Waals surface area contributed by atoms with E-state index in [0.717, 1.165) is 59.1 Å². The minimum absolute atomic E-state index is 0.155. The van der Waals surface area contributed by atoms with E-state index in [2.05, 4.69) is 77.4 Å². The van der Waals surface area contributed by atoms with Gasteiger partial charge in [-0.3, -0.25) is 5.41 Å². The van der Waals surface area contributed by atoms with Crippen molar-refractivity contribution in [1.29, 1.82) is 5.41 Å². The molecule has 2 atom stereocenters. The SMILES string of the molecule is N=c1c2c(-c3ccccc3)c(-c3ccccc3)n(Cc3ccccc3)c2ncn1CC1CCCCC1O. The number of aliphatic hydroxyl groups excluding tert-OH is 1. The summed E-state index contributed by atoms with van der Waals surface area (Å²) in [5, 5.41) is 20.9. The van der Waals surface area contributed by atoms with Crippen molar-refractivity contribution in [3.63, 3.8) is 0 Å². The maximum Gasteiger partial charge on any atom is 0.146 e. The molecule has 0 amide bonds. The molecular weight excluding hydrogens is 456 g/mol. The van der Waals surface area contributed by atoms with E-state index in [1.54, 1.807) is 6.33 Å². The van der Waals surface area contributed by atoms with E-state index >= 15 is 0 Å². The van der Waals surface area contributed by atoms with Crippen molar-refractivity contribution in [3.8, 4) is 22.4 Å². The van der Waals surface area contributed by atoms with Crippen LogP contribution in [0.3, 0.4) is 0 Å². The summed E-state index contributed by atoms with van der Waals surface area (Å²) in [7, 11) is 0. The molecule has 1 aliphatic rings. The van der Waals surface area contributed by atoms with Crippen LogP contribution in [0.5, 0.6) is 0 Å². The van der Waals surface area contributed by atoms with Gasteiger partial charge in [-0.25, -0.2) is 4.98 Å². The molecule has 2 unspecified atom stereocenters. The van der Waals surface area contributed by atoms with Crippen molar-refractivity contribution in [2.45, 2.75) is 44.9 Å². The van der Waals surface area contributed by atoms with Gasteiger partial charge in [0.1, 0.15) is 11.1 Å². The van der Waals surface area contributed by atoms with Crippen LogP contribution in [-0.4, -0.2) is 25.3 Å². The number of hydrogen-bond acceptors (Lipinski definition) is 3. The Bertz CT molecular complexity index is 1560. The number of aliphatic hydroxyl groups is 1. The first kappa shape index (κ1) is 23.4. The number of aromatic nitrogens is 3. The van der Waals surface area contributed by atoms with E-state index < -0.39 is 0 Å². The Balaban J connectivity index is 1.62. The molecule has 1 saturated carbocycles.